The van der Waals surface area contributed by atoms with E-state index in [4.69, 9.17) is 0 Å². The Morgan fingerprint density at radius 2 is 1.63 bits per heavy atom. The molecule has 1 aliphatic carbocycles. The van der Waals surface area contributed by atoms with Crippen molar-refractivity contribution in [3.63, 3.8) is 0 Å². The van der Waals surface area contributed by atoms with Crippen LogP contribution in [-0.2, 0) is 6.54 Å². The Bertz CT molecular complexity index is 400. The van der Waals surface area contributed by atoms with Gasteiger partial charge in [-0.05, 0) is 55.3 Å². The van der Waals surface area contributed by atoms with E-state index < -0.39 is 0 Å². The van der Waals surface area contributed by atoms with E-state index in [1.165, 1.54) is 63.6 Å². The van der Waals surface area contributed by atoms with Crippen LogP contribution in [0.4, 0.5) is 4.39 Å². The molecule has 1 aliphatic heterocycles. The first kappa shape index (κ1) is 13.1. The highest BCUT2D eigenvalue weighted by molar-refractivity contribution is 5.16. The van der Waals surface area contributed by atoms with Gasteiger partial charge in [-0.2, -0.15) is 0 Å². The summed E-state index contributed by atoms with van der Waals surface area (Å²) < 4.78 is 12.9. The van der Waals surface area contributed by atoms with E-state index in [9.17, 15) is 4.39 Å². The summed E-state index contributed by atoms with van der Waals surface area (Å²) in [4.78, 5) is 2.59. The number of hydrogen-bond acceptors (Lipinski definition) is 1. The van der Waals surface area contributed by atoms with Crippen LogP contribution >= 0.6 is 0 Å². The van der Waals surface area contributed by atoms with Gasteiger partial charge in [-0.1, -0.05) is 31.4 Å². The van der Waals surface area contributed by atoms with Gasteiger partial charge in [0, 0.05) is 13.1 Å². The van der Waals surface area contributed by atoms with Crippen molar-refractivity contribution < 1.29 is 4.39 Å². The zero-order chi connectivity index (χ0) is 13.1. The predicted octanol–water partition coefficient (Wildman–Crippen LogP) is 4.37. The number of rotatable bonds is 2. The minimum absolute atomic E-state index is 0.133. The quantitative estimate of drug-likeness (QED) is 0.764. The van der Waals surface area contributed by atoms with Crippen LogP contribution in [0.1, 0.15) is 50.5 Å². The molecule has 2 heteroatoms. The van der Waals surface area contributed by atoms with Crippen molar-refractivity contribution in [3.05, 3.63) is 35.6 Å². The second-order valence-electron chi connectivity index (χ2n) is 6.50. The molecule has 0 aromatic heterocycles. The van der Waals surface area contributed by atoms with Gasteiger partial charge in [0.15, 0.2) is 0 Å². The SMILES string of the molecule is Fc1ccc(CN2CCCC3(CCCCC3)C2)cc1. The van der Waals surface area contributed by atoms with Crippen LogP contribution in [0.3, 0.4) is 0 Å². The molecular formula is C17H24FN. The van der Waals surface area contributed by atoms with Gasteiger partial charge in [-0.3, -0.25) is 4.90 Å². The zero-order valence-electron chi connectivity index (χ0n) is 11.7. The molecule has 1 heterocycles. The van der Waals surface area contributed by atoms with Gasteiger partial charge in [-0.15, -0.1) is 0 Å². The molecular weight excluding hydrogens is 237 g/mol. The van der Waals surface area contributed by atoms with Crippen molar-refractivity contribution in [1.29, 1.82) is 0 Å². The van der Waals surface area contributed by atoms with Crippen molar-refractivity contribution >= 4 is 0 Å². The Morgan fingerprint density at radius 1 is 0.947 bits per heavy atom. The molecule has 1 saturated carbocycles. The fraction of sp³-hybridized carbons (Fsp3) is 0.647. The molecule has 0 unspecified atom stereocenters. The Kier molecular flexibility index (Phi) is 3.88. The van der Waals surface area contributed by atoms with Crippen molar-refractivity contribution in [1.82, 2.24) is 4.90 Å². The van der Waals surface area contributed by atoms with E-state index >= 15 is 0 Å². The molecule has 2 aliphatic rings. The van der Waals surface area contributed by atoms with Crippen LogP contribution in [0.2, 0.25) is 0 Å². The van der Waals surface area contributed by atoms with Crippen molar-refractivity contribution in [2.24, 2.45) is 5.41 Å². The van der Waals surface area contributed by atoms with E-state index in [0.29, 0.717) is 5.41 Å². The van der Waals surface area contributed by atoms with Crippen LogP contribution in [-0.4, -0.2) is 18.0 Å². The standard InChI is InChI=1S/C17H24FN/c18-16-7-5-15(6-8-16)13-19-12-4-11-17(14-19)9-2-1-3-10-17/h5-8H,1-4,9-14H2. The Hall–Kier alpha value is -0.890. The highest BCUT2D eigenvalue weighted by Gasteiger charge is 2.36. The molecule has 1 aromatic carbocycles. The monoisotopic (exact) mass is 261 g/mol. The first-order chi connectivity index (χ1) is 9.26. The highest BCUT2D eigenvalue weighted by Crippen LogP contribution is 2.43. The number of benzene rings is 1. The van der Waals surface area contributed by atoms with Gasteiger partial charge in [0.05, 0.1) is 0 Å². The molecule has 104 valence electrons. The average molecular weight is 261 g/mol. The number of piperidine rings is 1. The van der Waals surface area contributed by atoms with Crippen LogP contribution < -0.4 is 0 Å². The van der Waals surface area contributed by atoms with Gasteiger partial charge >= 0.3 is 0 Å². The van der Waals surface area contributed by atoms with Crippen molar-refractivity contribution in [3.8, 4) is 0 Å². The second kappa shape index (κ2) is 5.62. The molecule has 1 spiro atoms. The lowest BCUT2D eigenvalue weighted by molar-refractivity contribution is 0.0494. The summed E-state index contributed by atoms with van der Waals surface area (Å²) in [5.41, 5.74) is 1.85. The third-order valence-electron chi connectivity index (χ3n) is 4.97. The molecule has 1 nitrogen and oxygen atoms in total. The first-order valence-electron chi connectivity index (χ1n) is 7.73. The van der Waals surface area contributed by atoms with Gasteiger partial charge in [0.2, 0.25) is 0 Å². The van der Waals surface area contributed by atoms with E-state index in [-0.39, 0.29) is 5.82 Å². The van der Waals surface area contributed by atoms with E-state index in [2.05, 4.69) is 4.90 Å². The van der Waals surface area contributed by atoms with Crippen LogP contribution in [0.5, 0.6) is 0 Å². The van der Waals surface area contributed by atoms with Crippen LogP contribution in [0, 0.1) is 11.2 Å². The largest absolute Gasteiger partial charge is 0.299 e. The molecule has 0 bridgehead atoms. The molecule has 19 heavy (non-hydrogen) atoms. The van der Waals surface area contributed by atoms with E-state index in [1.54, 1.807) is 12.1 Å². The van der Waals surface area contributed by atoms with Gasteiger partial charge in [0.1, 0.15) is 5.82 Å². The fourth-order valence-electron chi connectivity index (χ4n) is 4.00. The molecule has 3 rings (SSSR count). The summed E-state index contributed by atoms with van der Waals surface area (Å²) in [5.74, 6) is -0.133. The van der Waals surface area contributed by atoms with Crippen molar-refractivity contribution in [2.75, 3.05) is 13.1 Å². The Labute approximate surface area is 115 Å². The average Bonchev–Trinajstić information content (AvgIpc) is 2.42. The summed E-state index contributed by atoms with van der Waals surface area (Å²) in [6, 6.07) is 7.01. The first-order valence-corrected chi connectivity index (χ1v) is 7.73. The second-order valence-corrected chi connectivity index (χ2v) is 6.50. The molecule has 0 N–H and O–H groups in total. The molecule has 0 amide bonds. The summed E-state index contributed by atoms with van der Waals surface area (Å²) in [6.45, 7) is 3.45. The minimum Gasteiger partial charge on any atom is -0.299 e. The number of halogens is 1. The third-order valence-corrected chi connectivity index (χ3v) is 4.97. The maximum atomic E-state index is 12.9. The number of hydrogen-bond donors (Lipinski definition) is 0. The molecule has 0 atom stereocenters. The summed E-state index contributed by atoms with van der Waals surface area (Å²) in [7, 11) is 0. The summed E-state index contributed by atoms with van der Waals surface area (Å²) >= 11 is 0. The van der Waals surface area contributed by atoms with Gasteiger partial charge in [-0.25, -0.2) is 4.39 Å². The summed E-state index contributed by atoms with van der Waals surface area (Å²) in [6.07, 6.45) is 9.88. The number of nitrogens with zero attached hydrogens (tertiary/aromatic N) is 1. The maximum absolute atomic E-state index is 12.9. The zero-order valence-corrected chi connectivity index (χ0v) is 11.7. The van der Waals surface area contributed by atoms with Crippen LogP contribution in [0.25, 0.3) is 0 Å². The topological polar surface area (TPSA) is 3.24 Å². The highest BCUT2D eigenvalue weighted by atomic mass is 19.1. The van der Waals surface area contributed by atoms with Crippen molar-refractivity contribution in [2.45, 2.75) is 51.5 Å². The fourth-order valence-corrected chi connectivity index (χ4v) is 4.00. The smallest absolute Gasteiger partial charge is 0.123 e. The lowest BCUT2D eigenvalue weighted by Crippen LogP contribution is -2.43. The Morgan fingerprint density at radius 3 is 2.37 bits per heavy atom. The van der Waals surface area contributed by atoms with E-state index in [0.717, 1.165) is 6.54 Å². The maximum Gasteiger partial charge on any atom is 0.123 e. The van der Waals surface area contributed by atoms with E-state index in [1.807, 2.05) is 12.1 Å². The number of likely N-dealkylation sites (tertiary alicyclic amines) is 1. The molecule has 1 saturated heterocycles. The van der Waals surface area contributed by atoms with Gasteiger partial charge < -0.3 is 0 Å². The predicted molar refractivity (Wildman–Crippen MR) is 76.4 cm³/mol. The molecule has 1 aromatic rings. The van der Waals surface area contributed by atoms with Gasteiger partial charge in [0.25, 0.3) is 0 Å². The lowest BCUT2D eigenvalue weighted by atomic mass is 9.69. The molecule has 0 radical (unpaired) electrons. The Balaban J connectivity index is 1.63. The lowest BCUT2D eigenvalue weighted by Gasteiger charge is -2.45. The molecule has 2 fully saturated rings. The third kappa shape index (κ3) is 3.17. The van der Waals surface area contributed by atoms with Crippen LogP contribution in [0.15, 0.2) is 24.3 Å². The summed E-state index contributed by atoms with van der Waals surface area (Å²) in [5, 5.41) is 0. The minimum atomic E-state index is -0.133. The normalized spacial score (nSPS) is 23.6.